The van der Waals surface area contributed by atoms with Gasteiger partial charge in [0.1, 0.15) is 22.5 Å². The molecule has 2 aromatic rings. The van der Waals surface area contributed by atoms with E-state index in [1.807, 2.05) is 6.92 Å². The van der Waals surface area contributed by atoms with E-state index in [9.17, 15) is 4.79 Å². The maximum atomic E-state index is 11.5. The summed E-state index contributed by atoms with van der Waals surface area (Å²) in [5.74, 6) is 1.47. The Morgan fingerprint density at radius 2 is 2.27 bits per heavy atom. The van der Waals surface area contributed by atoms with Crippen molar-refractivity contribution < 1.29 is 4.79 Å². The fraction of sp³-hybridized carbons (Fsp3) is 0.533. The van der Waals surface area contributed by atoms with Crippen molar-refractivity contribution >= 4 is 33.3 Å². The fourth-order valence-corrected chi connectivity index (χ4v) is 4.74. The molecule has 1 aliphatic heterocycles. The lowest BCUT2D eigenvalue weighted by molar-refractivity contribution is -0.120. The Morgan fingerprint density at radius 3 is 3.09 bits per heavy atom. The molecule has 3 heterocycles. The number of rotatable bonds is 2. The van der Waals surface area contributed by atoms with Gasteiger partial charge in [0.15, 0.2) is 0 Å². The van der Waals surface area contributed by atoms with Crippen LogP contribution in [0.15, 0.2) is 0 Å². The fourth-order valence-electron chi connectivity index (χ4n) is 3.44. The van der Waals surface area contributed by atoms with E-state index in [1.165, 1.54) is 22.2 Å². The van der Waals surface area contributed by atoms with Crippen LogP contribution in [0.2, 0.25) is 0 Å². The minimum absolute atomic E-state index is 0.303. The van der Waals surface area contributed by atoms with Gasteiger partial charge < -0.3 is 16.0 Å². The van der Waals surface area contributed by atoms with Crippen LogP contribution < -0.4 is 16.0 Å². The molecule has 0 saturated carbocycles. The first-order valence-electron chi connectivity index (χ1n) is 7.70. The third-order valence-electron chi connectivity index (χ3n) is 4.48. The van der Waals surface area contributed by atoms with Gasteiger partial charge in [-0.3, -0.25) is 4.79 Å². The van der Waals surface area contributed by atoms with Crippen LogP contribution in [-0.2, 0) is 17.6 Å². The number of carbonyl (C=O) groups excluding carboxylic acids is 1. The molecule has 2 aromatic heterocycles. The molecule has 0 unspecified atom stereocenters. The summed E-state index contributed by atoms with van der Waals surface area (Å²) in [7, 11) is 0. The number of nitrogens with two attached hydrogens (primary N) is 1. The van der Waals surface area contributed by atoms with Crippen LogP contribution in [0.4, 0.5) is 5.82 Å². The Hall–Kier alpha value is -1.73. The molecule has 3 N–H and O–H groups in total. The van der Waals surface area contributed by atoms with Crippen LogP contribution in [-0.4, -0.2) is 41.6 Å². The Balaban J connectivity index is 1.82. The Labute approximate surface area is 132 Å². The van der Waals surface area contributed by atoms with E-state index in [2.05, 4.69) is 15.2 Å². The lowest BCUT2D eigenvalue weighted by atomic mass is 10.1. The maximum absolute atomic E-state index is 11.5. The van der Waals surface area contributed by atoms with E-state index < -0.39 is 0 Å². The van der Waals surface area contributed by atoms with E-state index in [0.29, 0.717) is 6.54 Å². The second-order valence-electron chi connectivity index (χ2n) is 5.99. The van der Waals surface area contributed by atoms with Crippen molar-refractivity contribution in [3.63, 3.8) is 0 Å². The summed E-state index contributed by atoms with van der Waals surface area (Å²) in [5, 5.41) is 4.37. The molecule has 116 valence electrons. The molecule has 7 heteroatoms. The van der Waals surface area contributed by atoms with Crippen molar-refractivity contribution in [3.05, 3.63) is 16.3 Å². The zero-order chi connectivity index (χ0) is 15.3. The SMILES string of the molecule is Cc1nc(N2CCN[C@@H](C(N)=O)C2)c2c3c(sc2n1)CCC3. The van der Waals surface area contributed by atoms with E-state index in [1.54, 1.807) is 11.3 Å². The van der Waals surface area contributed by atoms with E-state index in [-0.39, 0.29) is 11.9 Å². The zero-order valence-corrected chi connectivity index (χ0v) is 13.4. The smallest absolute Gasteiger partial charge is 0.236 e. The summed E-state index contributed by atoms with van der Waals surface area (Å²) >= 11 is 1.80. The largest absolute Gasteiger partial charge is 0.368 e. The molecule has 1 aliphatic carbocycles. The third kappa shape index (κ3) is 2.16. The summed E-state index contributed by atoms with van der Waals surface area (Å²) in [6.07, 6.45) is 3.48. The lowest BCUT2D eigenvalue weighted by Crippen LogP contribution is -2.56. The molecule has 0 radical (unpaired) electrons. The molecule has 1 saturated heterocycles. The van der Waals surface area contributed by atoms with E-state index in [4.69, 9.17) is 10.7 Å². The highest BCUT2D eigenvalue weighted by molar-refractivity contribution is 7.19. The molecule has 6 nitrogen and oxygen atoms in total. The van der Waals surface area contributed by atoms with Crippen molar-refractivity contribution in [1.82, 2.24) is 15.3 Å². The minimum Gasteiger partial charge on any atom is -0.368 e. The molecule has 0 aromatic carbocycles. The molecule has 2 aliphatic rings. The molecular formula is C15H19N5OS. The number of carbonyl (C=O) groups is 1. The molecule has 0 spiro atoms. The summed E-state index contributed by atoms with van der Waals surface area (Å²) in [6, 6.07) is -0.314. The average Bonchev–Trinajstić information content (AvgIpc) is 3.06. The number of fused-ring (bicyclic) bond motifs is 3. The number of hydrogen-bond donors (Lipinski definition) is 2. The predicted molar refractivity (Wildman–Crippen MR) is 87.4 cm³/mol. The van der Waals surface area contributed by atoms with E-state index in [0.717, 1.165) is 42.4 Å². The van der Waals surface area contributed by atoms with Gasteiger partial charge in [-0.15, -0.1) is 11.3 Å². The number of anilines is 1. The van der Waals surface area contributed by atoms with Gasteiger partial charge in [0.25, 0.3) is 0 Å². The number of thiophene rings is 1. The quantitative estimate of drug-likeness (QED) is 0.854. The van der Waals surface area contributed by atoms with Gasteiger partial charge in [-0.1, -0.05) is 0 Å². The van der Waals surface area contributed by atoms with Gasteiger partial charge >= 0.3 is 0 Å². The van der Waals surface area contributed by atoms with Crippen molar-refractivity contribution in [2.75, 3.05) is 24.5 Å². The molecule has 1 atom stereocenters. The zero-order valence-electron chi connectivity index (χ0n) is 12.6. The highest BCUT2D eigenvalue weighted by Gasteiger charge is 2.28. The molecular weight excluding hydrogens is 298 g/mol. The number of aryl methyl sites for hydroxylation is 3. The molecule has 22 heavy (non-hydrogen) atoms. The van der Waals surface area contributed by atoms with Gasteiger partial charge in [0, 0.05) is 24.5 Å². The van der Waals surface area contributed by atoms with Crippen molar-refractivity contribution in [2.45, 2.75) is 32.2 Å². The van der Waals surface area contributed by atoms with Crippen LogP contribution in [0.5, 0.6) is 0 Å². The first-order chi connectivity index (χ1) is 10.6. The number of primary amides is 1. The minimum atomic E-state index is -0.314. The molecule has 4 rings (SSSR count). The predicted octanol–water partition coefficient (Wildman–Crippen LogP) is 0.752. The van der Waals surface area contributed by atoms with Crippen LogP contribution in [0.25, 0.3) is 10.2 Å². The van der Waals surface area contributed by atoms with Gasteiger partial charge in [-0.05, 0) is 31.7 Å². The number of aromatic nitrogens is 2. The summed E-state index contributed by atoms with van der Waals surface area (Å²) in [5.41, 5.74) is 6.88. The lowest BCUT2D eigenvalue weighted by Gasteiger charge is -2.33. The maximum Gasteiger partial charge on any atom is 0.236 e. The number of nitrogens with one attached hydrogen (secondary N) is 1. The van der Waals surface area contributed by atoms with Crippen LogP contribution >= 0.6 is 11.3 Å². The summed E-state index contributed by atoms with van der Waals surface area (Å²) in [4.78, 5) is 25.6. The normalized spacial score (nSPS) is 21.3. The first-order valence-corrected chi connectivity index (χ1v) is 8.51. The number of piperazine rings is 1. The van der Waals surface area contributed by atoms with Gasteiger partial charge in [-0.2, -0.15) is 0 Å². The van der Waals surface area contributed by atoms with Crippen molar-refractivity contribution in [1.29, 1.82) is 0 Å². The topological polar surface area (TPSA) is 84.1 Å². The second-order valence-corrected chi connectivity index (χ2v) is 7.07. The molecule has 0 bridgehead atoms. The van der Waals surface area contributed by atoms with Gasteiger partial charge in [-0.25, -0.2) is 9.97 Å². The Morgan fingerprint density at radius 1 is 1.41 bits per heavy atom. The number of amides is 1. The van der Waals surface area contributed by atoms with Crippen LogP contribution in [0, 0.1) is 6.92 Å². The molecule has 1 fully saturated rings. The summed E-state index contributed by atoms with van der Waals surface area (Å²) < 4.78 is 0. The second kappa shape index (κ2) is 5.17. The standard InChI is InChI=1S/C15H19N5OS/c1-8-18-14(20-6-5-17-10(7-20)13(16)21)12-9-3-2-4-11(9)22-15(12)19-8/h10,17H,2-7H2,1H3,(H2,16,21)/t10-/m1/s1. The summed E-state index contributed by atoms with van der Waals surface area (Å²) in [6.45, 7) is 4.08. The Bertz CT molecular complexity index is 756. The van der Waals surface area contributed by atoms with Gasteiger partial charge in [0.05, 0.1) is 5.39 Å². The van der Waals surface area contributed by atoms with Crippen molar-refractivity contribution in [3.8, 4) is 0 Å². The highest BCUT2D eigenvalue weighted by atomic mass is 32.1. The highest BCUT2D eigenvalue weighted by Crippen LogP contribution is 2.40. The van der Waals surface area contributed by atoms with Crippen LogP contribution in [0.3, 0.4) is 0 Å². The van der Waals surface area contributed by atoms with Crippen molar-refractivity contribution in [2.24, 2.45) is 5.73 Å². The first kappa shape index (κ1) is 13.9. The number of nitrogens with zero attached hydrogens (tertiary/aromatic N) is 3. The third-order valence-corrected chi connectivity index (χ3v) is 5.66. The monoisotopic (exact) mass is 317 g/mol. The average molecular weight is 317 g/mol. The van der Waals surface area contributed by atoms with E-state index >= 15 is 0 Å². The molecule has 1 amide bonds. The van der Waals surface area contributed by atoms with Crippen LogP contribution in [0.1, 0.15) is 22.7 Å². The number of hydrogen-bond acceptors (Lipinski definition) is 6. The van der Waals surface area contributed by atoms with Gasteiger partial charge in [0.2, 0.25) is 5.91 Å². The Kier molecular flexibility index (Phi) is 3.27.